The highest BCUT2D eigenvalue weighted by Crippen LogP contribution is 2.36. The Balaban J connectivity index is 1.91. The SMILES string of the molecule is Cc1cc(C)c2c(c1)C(NC(=O)c1c(C)noc1C)CCO2. The van der Waals surface area contributed by atoms with Crippen LogP contribution in [-0.4, -0.2) is 17.7 Å². The largest absolute Gasteiger partial charge is 0.493 e. The highest BCUT2D eigenvalue weighted by atomic mass is 16.5. The molecule has 0 bridgehead atoms. The molecule has 1 atom stereocenters. The van der Waals surface area contributed by atoms with E-state index in [0.717, 1.165) is 23.3 Å². The number of benzene rings is 1. The zero-order chi connectivity index (χ0) is 15.9. The minimum absolute atomic E-state index is 0.0523. The van der Waals surface area contributed by atoms with E-state index in [1.807, 2.05) is 6.92 Å². The van der Waals surface area contributed by atoms with Crippen molar-refractivity contribution in [1.29, 1.82) is 0 Å². The van der Waals surface area contributed by atoms with Gasteiger partial charge in [0.15, 0.2) is 0 Å². The Labute approximate surface area is 129 Å². The number of nitrogens with one attached hydrogen (secondary N) is 1. The molecule has 0 fully saturated rings. The van der Waals surface area contributed by atoms with E-state index in [0.29, 0.717) is 23.6 Å². The fraction of sp³-hybridized carbons (Fsp3) is 0.412. The average Bonchev–Trinajstić information content (AvgIpc) is 2.79. The van der Waals surface area contributed by atoms with Gasteiger partial charge in [0.05, 0.1) is 18.3 Å². The minimum Gasteiger partial charge on any atom is -0.493 e. The molecular formula is C17H20N2O3. The third-order valence-corrected chi connectivity index (χ3v) is 4.04. The van der Waals surface area contributed by atoms with Crippen LogP contribution in [0.1, 0.15) is 51.0 Å². The molecule has 0 saturated heterocycles. The van der Waals surface area contributed by atoms with Gasteiger partial charge < -0.3 is 14.6 Å². The fourth-order valence-corrected chi connectivity index (χ4v) is 3.07. The van der Waals surface area contributed by atoms with E-state index in [1.54, 1.807) is 13.8 Å². The number of aromatic nitrogens is 1. The summed E-state index contributed by atoms with van der Waals surface area (Å²) in [5.74, 6) is 1.29. The van der Waals surface area contributed by atoms with Gasteiger partial charge in [-0.15, -0.1) is 0 Å². The normalized spacial score (nSPS) is 16.8. The number of aryl methyl sites for hydroxylation is 4. The lowest BCUT2D eigenvalue weighted by Crippen LogP contribution is -2.33. The summed E-state index contributed by atoms with van der Waals surface area (Å²) in [5.41, 5.74) is 4.45. The highest BCUT2D eigenvalue weighted by molar-refractivity contribution is 5.96. The van der Waals surface area contributed by atoms with Crippen LogP contribution in [0, 0.1) is 27.7 Å². The molecule has 3 rings (SSSR count). The van der Waals surface area contributed by atoms with Gasteiger partial charge in [0.2, 0.25) is 0 Å². The van der Waals surface area contributed by atoms with Crippen molar-refractivity contribution in [2.24, 2.45) is 0 Å². The number of ether oxygens (including phenoxy) is 1. The van der Waals surface area contributed by atoms with Crippen LogP contribution in [0.5, 0.6) is 5.75 Å². The lowest BCUT2D eigenvalue weighted by Gasteiger charge is -2.28. The first kappa shape index (κ1) is 14.6. The molecule has 5 nitrogen and oxygen atoms in total. The molecule has 5 heteroatoms. The molecule has 0 spiro atoms. The summed E-state index contributed by atoms with van der Waals surface area (Å²) in [5, 5.41) is 6.94. The second kappa shape index (κ2) is 5.48. The lowest BCUT2D eigenvalue weighted by molar-refractivity contribution is 0.0922. The van der Waals surface area contributed by atoms with Crippen molar-refractivity contribution in [3.05, 3.63) is 45.8 Å². The van der Waals surface area contributed by atoms with Crippen LogP contribution in [0.15, 0.2) is 16.7 Å². The molecule has 2 heterocycles. The summed E-state index contributed by atoms with van der Waals surface area (Å²) in [6.07, 6.45) is 0.755. The summed E-state index contributed by atoms with van der Waals surface area (Å²) in [6, 6.07) is 4.13. The molecule has 0 saturated carbocycles. The summed E-state index contributed by atoms with van der Waals surface area (Å²) in [6.45, 7) is 8.21. The van der Waals surface area contributed by atoms with Crippen molar-refractivity contribution >= 4 is 5.91 Å². The number of fused-ring (bicyclic) bond motifs is 1. The number of amides is 1. The number of nitrogens with zero attached hydrogens (tertiary/aromatic N) is 1. The van der Waals surface area contributed by atoms with E-state index in [9.17, 15) is 4.79 Å². The Morgan fingerprint density at radius 1 is 1.27 bits per heavy atom. The Morgan fingerprint density at radius 2 is 2.05 bits per heavy atom. The van der Waals surface area contributed by atoms with Gasteiger partial charge in [-0.05, 0) is 33.3 Å². The number of hydrogen-bond acceptors (Lipinski definition) is 4. The Kier molecular flexibility index (Phi) is 3.64. The van der Waals surface area contributed by atoms with Gasteiger partial charge in [0, 0.05) is 12.0 Å². The van der Waals surface area contributed by atoms with Crippen LogP contribution in [0.3, 0.4) is 0 Å². The second-order valence-corrected chi connectivity index (χ2v) is 5.86. The lowest BCUT2D eigenvalue weighted by atomic mass is 9.95. The number of hydrogen-bond donors (Lipinski definition) is 1. The van der Waals surface area contributed by atoms with Gasteiger partial charge in [-0.1, -0.05) is 22.9 Å². The Hall–Kier alpha value is -2.30. The van der Waals surface area contributed by atoms with Crippen LogP contribution in [0.4, 0.5) is 0 Å². The summed E-state index contributed by atoms with van der Waals surface area (Å²) in [7, 11) is 0. The highest BCUT2D eigenvalue weighted by Gasteiger charge is 2.27. The van der Waals surface area contributed by atoms with Gasteiger partial charge in [-0.25, -0.2) is 0 Å². The second-order valence-electron chi connectivity index (χ2n) is 5.86. The van der Waals surface area contributed by atoms with Gasteiger partial charge in [-0.3, -0.25) is 4.79 Å². The van der Waals surface area contributed by atoms with E-state index < -0.39 is 0 Å². The first-order valence-electron chi connectivity index (χ1n) is 7.45. The first-order valence-corrected chi connectivity index (χ1v) is 7.45. The predicted molar refractivity (Wildman–Crippen MR) is 82.2 cm³/mol. The standard InChI is InChI=1S/C17H20N2O3/c1-9-7-10(2)16-13(8-9)14(5-6-21-16)18-17(20)15-11(3)19-22-12(15)4/h7-8,14H,5-6H2,1-4H3,(H,18,20). The minimum atomic E-state index is -0.145. The van der Waals surface area contributed by atoms with Crippen molar-refractivity contribution in [3.63, 3.8) is 0 Å². The van der Waals surface area contributed by atoms with Crippen molar-refractivity contribution in [3.8, 4) is 5.75 Å². The molecule has 1 aromatic carbocycles. The number of carbonyl (C=O) groups excluding carboxylic acids is 1. The van der Waals surface area contributed by atoms with Gasteiger partial charge in [0.25, 0.3) is 5.91 Å². The molecule has 1 N–H and O–H groups in total. The number of rotatable bonds is 2. The van der Waals surface area contributed by atoms with Crippen molar-refractivity contribution in [2.75, 3.05) is 6.61 Å². The molecule has 1 unspecified atom stereocenters. The van der Waals surface area contributed by atoms with Gasteiger partial charge in [-0.2, -0.15) is 0 Å². The van der Waals surface area contributed by atoms with E-state index in [2.05, 4.69) is 29.5 Å². The van der Waals surface area contributed by atoms with Crippen molar-refractivity contribution < 1.29 is 14.1 Å². The van der Waals surface area contributed by atoms with E-state index in [4.69, 9.17) is 9.26 Å². The zero-order valence-corrected chi connectivity index (χ0v) is 13.3. The molecular weight excluding hydrogens is 280 g/mol. The first-order chi connectivity index (χ1) is 10.5. The van der Waals surface area contributed by atoms with E-state index in [1.165, 1.54) is 5.56 Å². The topological polar surface area (TPSA) is 64.4 Å². The van der Waals surface area contributed by atoms with Gasteiger partial charge >= 0.3 is 0 Å². The zero-order valence-electron chi connectivity index (χ0n) is 13.3. The molecule has 116 valence electrons. The molecule has 1 aliphatic heterocycles. The van der Waals surface area contributed by atoms with E-state index >= 15 is 0 Å². The molecule has 1 aromatic heterocycles. The summed E-state index contributed by atoms with van der Waals surface area (Å²) in [4.78, 5) is 12.5. The summed E-state index contributed by atoms with van der Waals surface area (Å²) >= 11 is 0. The monoisotopic (exact) mass is 300 g/mol. The maximum Gasteiger partial charge on any atom is 0.257 e. The smallest absolute Gasteiger partial charge is 0.257 e. The molecule has 1 aliphatic rings. The molecule has 0 aliphatic carbocycles. The van der Waals surface area contributed by atoms with Crippen LogP contribution >= 0.6 is 0 Å². The van der Waals surface area contributed by atoms with Crippen LogP contribution < -0.4 is 10.1 Å². The molecule has 0 radical (unpaired) electrons. The van der Waals surface area contributed by atoms with Crippen LogP contribution in [0.2, 0.25) is 0 Å². The van der Waals surface area contributed by atoms with Crippen molar-refractivity contribution in [2.45, 2.75) is 40.2 Å². The molecule has 1 amide bonds. The maximum atomic E-state index is 12.5. The third-order valence-electron chi connectivity index (χ3n) is 4.04. The fourth-order valence-electron chi connectivity index (χ4n) is 3.07. The maximum absolute atomic E-state index is 12.5. The molecule has 22 heavy (non-hydrogen) atoms. The third kappa shape index (κ3) is 2.47. The predicted octanol–water partition coefficient (Wildman–Crippen LogP) is 3.16. The summed E-state index contributed by atoms with van der Waals surface area (Å²) < 4.78 is 10.9. The van der Waals surface area contributed by atoms with Crippen LogP contribution in [-0.2, 0) is 0 Å². The van der Waals surface area contributed by atoms with Gasteiger partial charge in [0.1, 0.15) is 17.1 Å². The quantitative estimate of drug-likeness (QED) is 0.925. The average molecular weight is 300 g/mol. The number of carbonyl (C=O) groups is 1. The Bertz CT molecular complexity index is 714. The molecule has 2 aromatic rings. The Morgan fingerprint density at radius 3 is 2.73 bits per heavy atom. The van der Waals surface area contributed by atoms with E-state index in [-0.39, 0.29) is 11.9 Å². The van der Waals surface area contributed by atoms with Crippen LogP contribution in [0.25, 0.3) is 0 Å². The van der Waals surface area contributed by atoms with Crippen molar-refractivity contribution in [1.82, 2.24) is 10.5 Å².